The van der Waals surface area contributed by atoms with Gasteiger partial charge in [0.15, 0.2) is 6.61 Å². The third kappa shape index (κ3) is 4.27. The maximum atomic E-state index is 12.1. The minimum absolute atomic E-state index is 0.000798. The van der Waals surface area contributed by atoms with Crippen molar-refractivity contribution in [3.8, 4) is 17.0 Å². The number of aromatic nitrogens is 2. The third-order valence-electron chi connectivity index (χ3n) is 4.47. The van der Waals surface area contributed by atoms with Crippen LogP contribution in [-0.2, 0) is 4.79 Å². The Morgan fingerprint density at radius 2 is 1.93 bits per heavy atom. The molecule has 0 bridgehead atoms. The van der Waals surface area contributed by atoms with Gasteiger partial charge in [-0.3, -0.25) is 19.3 Å². The second kappa shape index (κ2) is 8.04. The number of anilines is 1. The molecule has 0 aliphatic carbocycles. The van der Waals surface area contributed by atoms with Gasteiger partial charge in [-0.25, -0.2) is 4.98 Å². The van der Waals surface area contributed by atoms with Gasteiger partial charge in [0.2, 0.25) is 0 Å². The van der Waals surface area contributed by atoms with Crippen molar-refractivity contribution in [2.45, 2.75) is 6.92 Å². The smallest absolute Gasteiger partial charge is 0.286 e. The van der Waals surface area contributed by atoms with Crippen LogP contribution in [0, 0.1) is 17.0 Å². The number of nitrogens with one attached hydrogen (secondary N) is 1. The SMILES string of the molecule is Cc1cccc(NC(=O)COc2ccc(-c3cn4cc([N+](=O)[O-])ccc4n3)cc2)c1. The number of imidazole rings is 1. The van der Waals surface area contributed by atoms with Gasteiger partial charge in [-0.2, -0.15) is 0 Å². The number of pyridine rings is 1. The maximum Gasteiger partial charge on any atom is 0.286 e. The van der Waals surface area contributed by atoms with Gasteiger partial charge in [0.1, 0.15) is 11.4 Å². The number of carbonyl (C=O) groups is 1. The molecule has 0 aliphatic rings. The van der Waals surface area contributed by atoms with Crippen molar-refractivity contribution in [3.63, 3.8) is 0 Å². The Bertz CT molecular complexity index is 1230. The monoisotopic (exact) mass is 402 g/mol. The Balaban J connectivity index is 1.41. The summed E-state index contributed by atoms with van der Waals surface area (Å²) in [4.78, 5) is 27.0. The van der Waals surface area contributed by atoms with E-state index in [0.29, 0.717) is 17.1 Å². The molecule has 150 valence electrons. The van der Waals surface area contributed by atoms with Crippen molar-refractivity contribution in [2.24, 2.45) is 0 Å². The molecule has 0 saturated heterocycles. The molecule has 8 heteroatoms. The van der Waals surface area contributed by atoms with Crippen molar-refractivity contribution in [1.82, 2.24) is 9.38 Å². The molecule has 0 aliphatic heterocycles. The lowest BCUT2D eigenvalue weighted by Gasteiger charge is -2.08. The Morgan fingerprint density at radius 3 is 2.67 bits per heavy atom. The summed E-state index contributed by atoms with van der Waals surface area (Å²) in [6.07, 6.45) is 3.16. The molecule has 0 fully saturated rings. The summed E-state index contributed by atoms with van der Waals surface area (Å²) in [7, 11) is 0. The molecular weight excluding hydrogens is 384 g/mol. The first-order chi connectivity index (χ1) is 14.5. The maximum absolute atomic E-state index is 12.1. The van der Waals surface area contributed by atoms with E-state index in [1.807, 2.05) is 43.3 Å². The van der Waals surface area contributed by atoms with E-state index in [1.54, 1.807) is 28.8 Å². The highest BCUT2D eigenvalue weighted by molar-refractivity contribution is 5.91. The van der Waals surface area contributed by atoms with Crippen LogP contribution < -0.4 is 10.1 Å². The highest BCUT2D eigenvalue weighted by atomic mass is 16.6. The second-order valence-corrected chi connectivity index (χ2v) is 6.77. The van der Waals surface area contributed by atoms with Crippen LogP contribution in [0.4, 0.5) is 11.4 Å². The van der Waals surface area contributed by atoms with E-state index in [-0.39, 0.29) is 18.2 Å². The number of benzene rings is 2. The van der Waals surface area contributed by atoms with E-state index in [0.717, 1.165) is 16.8 Å². The van der Waals surface area contributed by atoms with Crippen LogP contribution in [0.15, 0.2) is 73.1 Å². The molecule has 8 nitrogen and oxygen atoms in total. The highest BCUT2D eigenvalue weighted by Crippen LogP contribution is 2.23. The van der Waals surface area contributed by atoms with Crippen LogP contribution in [0.25, 0.3) is 16.9 Å². The van der Waals surface area contributed by atoms with Crippen molar-refractivity contribution >= 4 is 22.9 Å². The molecule has 30 heavy (non-hydrogen) atoms. The number of fused-ring (bicyclic) bond motifs is 1. The lowest BCUT2D eigenvalue weighted by atomic mass is 10.2. The van der Waals surface area contributed by atoms with Gasteiger partial charge in [0, 0.05) is 23.5 Å². The molecule has 1 N–H and O–H groups in total. The average molecular weight is 402 g/mol. The number of hydrogen-bond acceptors (Lipinski definition) is 5. The topological polar surface area (TPSA) is 98.8 Å². The summed E-state index contributed by atoms with van der Waals surface area (Å²) in [5.41, 5.74) is 3.91. The summed E-state index contributed by atoms with van der Waals surface area (Å²) in [6, 6.07) is 17.7. The van der Waals surface area contributed by atoms with E-state index in [1.165, 1.54) is 12.3 Å². The fourth-order valence-corrected chi connectivity index (χ4v) is 3.02. The number of amides is 1. The standard InChI is InChI=1S/C22H18N4O4/c1-15-3-2-4-17(11-15)23-22(27)14-30-19-8-5-16(6-9-19)20-13-25-12-18(26(28)29)7-10-21(25)24-20/h2-13H,14H2,1H3,(H,23,27). The number of hydrogen-bond donors (Lipinski definition) is 1. The van der Waals surface area contributed by atoms with E-state index < -0.39 is 4.92 Å². The zero-order chi connectivity index (χ0) is 21.1. The summed E-state index contributed by atoms with van der Waals surface area (Å²) in [5, 5.41) is 13.7. The van der Waals surface area contributed by atoms with Crippen LogP contribution >= 0.6 is 0 Å². The molecule has 0 radical (unpaired) electrons. The van der Waals surface area contributed by atoms with E-state index >= 15 is 0 Å². The fraction of sp³-hybridized carbons (Fsp3) is 0.0909. The molecule has 1 amide bonds. The zero-order valence-electron chi connectivity index (χ0n) is 16.1. The molecule has 2 aromatic heterocycles. The zero-order valence-corrected chi connectivity index (χ0v) is 16.1. The molecule has 0 saturated carbocycles. The second-order valence-electron chi connectivity index (χ2n) is 6.77. The first-order valence-electron chi connectivity index (χ1n) is 9.21. The molecule has 2 heterocycles. The van der Waals surface area contributed by atoms with E-state index in [2.05, 4.69) is 10.3 Å². The van der Waals surface area contributed by atoms with Crippen LogP contribution in [0.3, 0.4) is 0 Å². The fourth-order valence-electron chi connectivity index (χ4n) is 3.02. The Hall–Kier alpha value is -4.20. The van der Waals surface area contributed by atoms with Gasteiger partial charge >= 0.3 is 0 Å². The number of ether oxygens (including phenoxy) is 1. The number of nitro groups is 1. The van der Waals surface area contributed by atoms with Crippen molar-refractivity contribution in [2.75, 3.05) is 11.9 Å². The summed E-state index contributed by atoms with van der Waals surface area (Å²) in [5.74, 6) is 0.309. The predicted molar refractivity (Wildman–Crippen MR) is 113 cm³/mol. The predicted octanol–water partition coefficient (Wildman–Crippen LogP) is 4.24. The summed E-state index contributed by atoms with van der Waals surface area (Å²) < 4.78 is 7.17. The Labute approximate surface area is 171 Å². The van der Waals surface area contributed by atoms with Gasteiger partial charge in [-0.15, -0.1) is 0 Å². The van der Waals surface area contributed by atoms with Crippen LogP contribution in [0.5, 0.6) is 5.75 Å². The van der Waals surface area contributed by atoms with E-state index in [4.69, 9.17) is 4.74 Å². The molecule has 0 atom stereocenters. The molecular formula is C22H18N4O4. The van der Waals surface area contributed by atoms with Crippen molar-refractivity contribution < 1.29 is 14.5 Å². The largest absolute Gasteiger partial charge is 0.484 e. The number of nitrogens with zero attached hydrogens (tertiary/aromatic N) is 3. The van der Waals surface area contributed by atoms with Crippen LogP contribution in [-0.4, -0.2) is 26.8 Å². The number of rotatable bonds is 6. The van der Waals surface area contributed by atoms with Gasteiger partial charge in [-0.1, -0.05) is 12.1 Å². The van der Waals surface area contributed by atoms with E-state index in [9.17, 15) is 14.9 Å². The molecule has 4 rings (SSSR count). The molecule has 2 aromatic carbocycles. The quantitative estimate of drug-likeness (QED) is 0.384. The van der Waals surface area contributed by atoms with Gasteiger partial charge in [-0.05, 0) is 55.0 Å². The van der Waals surface area contributed by atoms with Crippen molar-refractivity contribution in [1.29, 1.82) is 0 Å². The highest BCUT2D eigenvalue weighted by Gasteiger charge is 2.10. The van der Waals surface area contributed by atoms with Crippen LogP contribution in [0.1, 0.15) is 5.56 Å². The Kier molecular flexibility index (Phi) is 5.13. The lowest BCUT2D eigenvalue weighted by molar-refractivity contribution is -0.385. The molecule has 0 spiro atoms. The first-order valence-corrected chi connectivity index (χ1v) is 9.21. The molecule has 4 aromatic rings. The lowest BCUT2D eigenvalue weighted by Crippen LogP contribution is -2.20. The summed E-state index contributed by atoms with van der Waals surface area (Å²) in [6.45, 7) is 1.85. The molecule has 0 unspecified atom stereocenters. The number of carbonyl (C=O) groups excluding carboxylic acids is 1. The Morgan fingerprint density at radius 1 is 1.13 bits per heavy atom. The van der Waals surface area contributed by atoms with Crippen LogP contribution in [0.2, 0.25) is 0 Å². The minimum atomic E-state index is -0.444. The number of aryl methyl sites for hydroxylation is 1. The minimum Gasteiger partial charge on any atom is -0.484 e. The first kappa shape index (κ1) is 19.1. The average Bonchev–Trinajstić information content (AvgIpc) is 3.16. The third-order valence-corrected chi connectivity index (χ3v) is 4.47. The summed E-state index contributed by atoms with van der Waals surface area (Å²) >= 11 is 0. The van der Waals surface area contributed by atoms with Crippen molar-refractivity contribution in [3.05, 3.63) is 88.7 Å². The van der Waals surface area contributed by atoms with Gasteiger partial charge in [0.05, 0.1) is 16.8 Å². The van der Waals surface area contributed by atoms with Gasteiger partial charge < -0.3 is 10.1 Å². The van der Waals surface area contributed by atoms with Gasteiger partial charge in [0.25, 0.3) is 11.6 Å². The normalized spacial score (nSPS) is 10.7.